The molecule has 0 radical (unpaired) electrons. The molecule has 0 bridgehead atoms. The van der Waals surface area contributed by atoms with Crippen molar-refractivity contribution >= 4 is 174 Å². The predicted octanol–water partition coefficient (Wildman–Crippen LogP) is 7.86. The lowest BCUT2D eigenvalue weighted by atomic mass is 9.90. The maximum atomic E-state index is 11.3. The third-order valence-electron chi connectivity index (χ3n) is 20.0. The molecule has 9 fully saturated rings. The van der Waals surface area contributed by atoms with E-state index >= 15 is 0 Å². The monoisotopic (exact) mass is 1870 g/mol. The lowest BCUT2D eigenvalue weighted by molar-refractivity contribution is -0.187. The number of hydrogen-bond donors (Lipinski definition) is 7. The molecule has 6 saturated carbocycles. The normalized spacial score (nSPS) is 25.0. The summed E-state index contributed by atoms with van der Waals surface area (Å²) in [7, 11) is -3.34. The molecule has 3 aliphatic heterocycles. The van der Waals surface area contributed by atoms with E-state index in [9.17, 15) is 28.5 Å². The van der Waals surface area contributed by atoms with Gasteiger partial charge in [-0.25, -0.2) is 58.6 Å². The van der Waals surface area contributed by atoms with Gasteiger partial charge in [-0.3, -0.25) is 8.98 Å². The number of fused-ring (bicyclic) bond motifs is 4. The lowest BCUT2D eigenvalue weighted by Crippen LogP contribution is -2.38. The second kappa shape index (κ2) is 33.5. The molecule has 38 heteroatoms. The van der Waals surface area contributed by atoms with E-state index in [0.29, 0.717) is 112 Å². The molecule has 0 unspecified atom stereocenters. The van der Waals surface area contributed by atoms with Crippen LogP contribution in [0.5, 0.6) is 0 Å². The molecule has 8 aromatic heterocycles. The van der Waals surface area contributed by atoms with Crippen molar-refractivity contribution in [1.82, 2.24) is 79.0 Å². The van der Waals surface area contributed by atoms with Crippen molar-refractivity contribution in [2.75, 3.05) is 68.8 Å². The number of nitrogens with zero attached hydrogens (tertiary/aromatic N) is 16. The summed E-state index contributed by atoms with van der Waals surface area (Å²) in [5.74, 6) is 1.15. The summed E-state index contributed by atoms with van der Waals surface area (Å²) < 4.78 is 71.6. The third kappa shape index (κ3) is 18.3. The summed E-state index contributed by atoms with van der Waals surface area (Å²) in [5.41, 5.74) is 26.7. The molecule has 550 valence electrons. The Morgan fingerprint density at radius 2 is 0.663 bits per heavy atom. The second-order valence-corrected chi connectivity index (χ2v) is 32.4. The number of aliphatic hydroxyl groups excluding tert-OH is 3. The van der Waals surface area contributed by atoms with Crippen LogP contribution >= 0.6 is 90.4 Å². The summed E-state index contributed by atoms with van der Waals surface area (Å²) >= 11 is 8.66. The van der Waals surface area contributed by atoms with Crippen LogP contribution in [0.2, 0.25) is 0 Å². The summed E-state index contributed by atoms with van der Waals surface area (Å²) in [4.78, 5) is 44.6. The number of carbonyl (C=O) groups excluding carboxylic acids is 1. The zero-order valence-corrected chi connectivity index (χ0v) is 65.4. The molecule has 3 spiro atoms. The van der Waals surface area contributed by atoms with E-state index in [1.165, 1.54) is 25.3 Å². The summed E-state index contributed by atoms with van der Waals surface area (Å²) in [6.45, 7) is 4.12. The number of halogens is 4. The topological polar surface area (TPSA) is 455 Å². The summed E-state index contributed by atoms with van der Waals surface area (Å²) in [6, 6.07) is 1.15. The highest BCUT2D eigenvalue weighted by molar-refractivity contribution is 14.1. The van der Waals surface area contributed by atoms with E-state index in [-0.39, 0.29) is 42.0 Å². The Bertz CT molecular complexity index is 4130. The number of ketones is 1. The zero-order chi connectivity index (χ0) is 71.2. The third-order valence-corrected chi connectivity index (χ3v) is 23.7. The Hall–Kier alpha value is -4.46. The number of ether oxygens (including phenoxy) is 6. The molecule has 9 aliphatic rings. The molecule has 0 aromatic carbocycles. The number of aliphatic hydroxyl groups is 3. The molecule has 8 aromatic rings. The molecule has 11 heterocycles. The molecule has 17 rings (SSSR count). The summed E-state index contributed by atoms with van der Waals surface area (Å²) in [5, 5.41) is 49.9. The van der Waals surface area contributed by atoms with E-state index in [1.54, 1.807) is 0 Å². The predicted molar refractivity (Wildman–Crippen MR) is 403 cm³/mol. The van der Waals surface area contributed by atoms with Crippen LogP contribution in [0.4, 0.5) is 23.3 Å². The quantitative estimate of drug-likeness (QED) is 0.0615. The summed E-state index contributed by atoms with van der Waals surface area (Å²) in [6.07, 6.45) is 26.1. The van der Waals surface area contributed by atoms with Crippen LogP contribution in [0.15, 0.2) is 25.3 Å². The van der Waals surface area contributed by atoms with Gasteiger partial charge in [0.1, 0.15) is 69.2 Å². The minimum atomic E-state index is -3.34. The Labute approximate surface area is 637 Å². The highest BCUT2D eigenvalue weighted by atomic mass is 127. The Morgan fingerprint density at radius 1 is 0.406 bits per heavy atom. The van der Waals surface area contributed by atoms with Crippen LogP contribution in [0, 0.1) is 14.8 Å². The maximum absolute atomic E-state index is 11.3. The largest absolute Gasteiger partial charge is 0.393 e. The number of nitrogens with two attached hydrogens (primary N) is 4. The van der Waals surface area contributed by atoms with Gasteiger partial charge in [0.25, 0.3) is 10.1 Å². The Kier molecular flexibility index (Phi) is 25.3. The number of hydrogen-bond acceptors (Lipinski definition) is 29. The van der Waals surface area contributed by atoms with Crippen LogP contribution < -0.4 is 22.9 Å². The molecular formula is C63H86I4N20O13S. The van der Waals surface area contributed by atoms with Gasteiger partial charge < -0.3 is 66.7 Å². The van der Waals surface area contributed by atoms with Crippen molar-refractivity contribution in [1.29, 1.82) is 0 Å². The van der Waals surface area contributed by atoms with Crippen molar-refractivity contribution < 1.29 is 61.1 Å². The van der Waals surface area contributed by atoms with Gasteiger partial charge in [-0.2, -0.15) is 28.8 Å². The molecule has 0 atom stereocenters. The van der Waals surface area contributed by atoms with Gasteiger partial charge in [0, 0.05) is 51.4 Å². The van der Waals surface area contributed by atoms with E-state index in [2.05, 4.69) is 151 Å². The molecule has 101 heavy (non-hydrogen) atoms. The zero-order valence-electron chi connectivity index (χ0n) is 56.0. The number of rotatable bonds is 6. The van der Waals surface area contributed by atoms with E-state index in [4.69, 9.17) is 55.5 Å². The first-order chi connectivity index (χ1) is 48.5. The smallest absolute Gasteiger partial charge is 0.264 e. The van der Waals surface area contributed by atoms with Crippen LogP contribution in [0.3, 0.4) is 0 Å². The Morgan fingerprint density at radius 3 is 0.960 bits per heavy atom. The van der Waals surface area contributed by atoms with Crippen molar-refractivity contribution in [3.8, 4) is 0 Å². The Balaban J connectivity index is 0.000000116. The first-order valence-electron chi connectivity index (χ1n) is 34.3. The second-order valence-electron chi connectivity index (χ2n) is 26.8. The fourth-order valence-electron chi connectivity index (χ4n) is 14.7. The average molecular weight is 1870 g/mol. The van der Waals surface area contributed by atoms with Gasteiger partial charge in [-0.05, 0) is 193 Å². The molecule has 6 aliphatic carbocycles. The highest BCUT2D eigenvalue weighted by Gasteiger charge is 2.44. The van der Waals surface area contributed by atoms with Gasteiger partial charge in [0.15, 0.2) is 40.0 Å². The molecule has 33 nitrogen and oxygen atoms in total. The van der Waals surface area contributed by atoms with Gasteiger partial charge >= 0.3 is 0 Å². The minimum Gasteiger partial charge on any atom is -0.393 e. The van der Waals surface area contributed by atoms with Crippen molar-refractivity contribution in [2.45, 2.75) is 220 Å². The van der Waals surface area contributed by atoms with Gasteiger partial charge in [-0.1, -0.05) is 0 Å². The van der Waals surface area contributed by atoms with Gasteiger partial charge in [0.2, 0.25) is 0 Å². The van der Waals surface area contributed by atoms with Gasteiger partial charge in [-0.15, -0.1) is 0 Å². The number of carbonyl (C=O) groups is 1. The van der Waals surface area contributed by atoms with Crippen LogP contribution in [-0.4, -0.2) is 196 Å². The number of anilines is 4. The first-order valence-corrected chi connectivity index (χ1v) is 40.5. The SMILES string of the molecule is CS(=O)(=O)OC1CCC2(CC1)OCCO2.Nc1ncnc2c1c(I)nn2C1CCC(=O)CC1.Nc1ncnc2c1c(I)nn2C1CCC(O)CC1.Nc1ncnc2c1c(I)nn2C1CCC(O)CC1.Nc1ncnc2c1c(I)nn2C1CCC2(CC1)OCCO2.OC1CCC2(CC1)OCCO2. The fourth-order valence-corrected chi connectivity index (χ4v) is 18.4. The number of Topliss-reactive ketones (excluding diaryl/α,β-unsaturated/α-hetero) is 1. The van der Waals surface area contributed by atoms with E-state index in [1.807, 2.05) is 18.7 Å². The van der Waals surface area contributed by atoms with Crippen molar-refractivity contribution in [3.63, 3.8) is 0 Å². The highest BCUT2D eigenvalue weighted by Crippen LogP contribution is 2.43. The first kappa shape index (κ1) is 76.2. The maximum Gasteiger partial charge on any atom is 0.264 e. The molecular weight excluding hydrogens is 1780 g/mol. The fraction of sp³-hybridized carbons (Fsp3) is 0.667. The molecule has 3 saturated heterocycles. The van der Waals surface area contributed by atoms with Crippen molar-refractivity contribution in [3.05, 3.63) is 40.1 Å². The minimum absolute atomic E-state index is 0.131. The number of aromatic nitrogens is 16. The van der Waals surface area contributed by atoms with Crippen LogP contribution in [0.1, 0.15) is 178 Å². The number of nitrogen functional groups attached to an aromatic ring is 4. The molecule has 11 N–H and O–H groups in total. The standard InChI is InChI=1S/C13H16IN5O2.2C11H14IN5O.C11H12IN5O.C9H16O5S.C8H14O3/c14-10-9-11(15)16-7-17-12(9)19(18-10)8-1-3-13(4-2-8)20-5-6-21-13;3*12-9-8-10(13)14-5-15-11(8)17(16-9)6-1-3-7(18)4-2-6;1-15(10,11)14-8-2-4-9(5-3-8)12-6-7-13-9;9-7-1-3-8(4-2-7)10-5-6-11-8/h7-8H,1-6H2,(H2,15,16,17);2*5-7,18H,1-4H2,(H2,13,14,15);5-6H,1-4H2,(H2,13,14,15);8H,2-7H2,1H3;7,9H,1-6H2. The average Bonchev–Trinajstić information content (AvgIpc) is 1.64. The lowest BCUT2D eigenvalue weighted by Gasteiger charge is -2.35. The molecule has 0 amide bonds. The van der Waals surface area contributed by atoms with E-state index in [0.717, 1.165) is 194 Å². The van der Waals surface area contributed by atoms with Crippen LogP contribution in [0.25, 0.3) is 44.1 Å². The van der Waals surface area contributed by atoms with Gasteiger partial charge in [0.05, 0.1) is 116 Å². The van der Waals surface area contributed by atoms with Crippen LogP contribution in [-0.2, 0) is 47.5 Å². The van der Waals surface area contributed by atoms with Crippen molar-refractivity contribution in [2.24, 2.45) is 0 Å². The van der Waals surface area contributed by atoms with E-state index < -0.39 is 15.9 Å².